The third-order valence-electron chi connectivity index (χ3n) is 3.50. The third kappa shape index (κ3) is 2.82. The first-order valence-electron chi connectivity index (χ1n) is 6.67. The number of hydrogen-bond donors (Lipinski definition) is 0. The standard InChI is InChI=1S/C16H12ClNO3S/c17-11-6-7-13-14(10-11)16(19)9-8-15(13)18-22(20,21)12-4-2-1-3-5-12/h1-6,8-9H,7,10H2/b18-15-. The van der Waals surface area contributed by atoms with Crippen molar-refractivity contribution in [3.8, 4) is 0 Å². The summed E-state index contributed by atoms with van der Waals surface area (Å²) < 4.78 is 28.6. The molecule has 0 atom stereocenters. The first kappa shape index (κ1) is 14.9. The molecule has 0 spiro atoms. The smallest absolute Gasteiger partial charge is 0.282 e. The highest BCUT2D eigenvalue weighted by Crippen LogP contribution is 2.31. The molecular formula is C16H12ClNO3S. The van der Waals surface area contributed by atoms with E-state index in [-0.39, 0.29) is 10.7 Å². The van der Waals surface area contributed by atoms with Gasteiger partial charge in [-0.2, -0.15) is 12.8 Å². The number of halogens is 1. The molecule has 6 heteroatoms. The monoisotopic (exact) mass is 333 g/mol. The van der Waals surface area contributed by atoms with E-state index in [0.29, 0.717) is 34.7 Å². The number of hydrogen-bond acceptors (Lipinski definition) is 3. The summed E-state index contributed by atoms with van der Waals surface area (Å²) >= 11 is 5.97. The lowest BCUT2D eigenvalue weighted by Gasteiger charge is -2.20. The van der Waals surface area contributed by atoms with E-state index in [9.17, 15) is 13.2 Å². The summed E-state index contributed by atoms with van der Waals surface area (Å²) in [6.45, 7) is 0. The van der Waals surface area contributed by atoms with Crippen LogP contribution < -0.4 is 0 Å². The Morgan fingerprint density at radius 1 is 1.05 bits per heavy atom. The predicted molar refractivity (Wildman–Crippen MR) is 85.4 cm³/mol. The highest BCUT2D eigenvalue weighted by molar-refractivity contribution is 7.90. The maximum atomic E-state index is 12.4. The van der Waals surface area contributed by atoms with Crippen molar-refractivity contribution in [2.75, 3.05) is 0 Å². The van der Waals surface area contributed by atoms with Crippen LogP contribution in [0.25, 0.3) is 0 Å². The Morgan fingerprint density at radius 3 is 2.50 bits per heavy atom. The maximum absolute atomic E-state index is 12.4. The van der Waals surface area contributed by atoms with E-state index in [1.54, 1.807) is 24.3 Å². The molecule has 112 valence electrons. The lowest BCUT2D eigenvalue weighted by Crippen LogP contribution is -2.18. The molecule has 0 saturated heterocycles. The fraction of sp³-hybridized carbons (Fsp3) is 0.125. The first-order chi connectivity index (χ1) is 10.5. The molecule has 0 unspecified atom stereocenters. The summed E-state index contributed by atoms with van der Waals surface area (Å²) in [7, 11) is -3.80. The second-order valence-electron chi connectivity index (χ2n) is 4.95. The van der Waals surface area contributed by atoms with Crippen molar-refractivity contribution < 1.29 is 13.2 Å². The van der Waals surface area contributed by atoms with Gasteiger partial charge in [0.05, 0.1) is 10.6 Å². The van der Waals surface area contributed by atoms with E-state index >= 15 is 0 Å². The van der Waals surface area contributed by atoms with E-state index in [1.807, 2.05) is 0 Å². The molecule has 0 bridgehead atoms. The van der Waals surface area contributed by atoms with Gasteiger partial charge < -0.3 is 0 Å². The van der Waals surface area contributed by atoms with Crippen LogP contribution in [-0.4, -0.2) is 19.9 Å². The zero-order chi connectivity index (χ0) is 15.7. The van der Waals surface area contributed by atoms with Gasteiger partial charge in [-0.05, 0) is 36.3 Å². The quantitative estimate of drug-likeness (QED) is 0.781. The molecule has 0 heterocycles. The van der Waals surface area contributed by atoms with Crippen LogP contribution in [0.2, 0.25) is 0 Å². The van der Waals surface area contributed by atoms with Gasteiger partial charge in [-0.25, -0.2) is 0 Å². The van der Waals surface area contributed by atoms with Crippen LogP contribution in [0.5, 0.6) is 0 Å². The van der Waals surface area contributed by atoms with Crippen molar-refractivity contribution in [3.63, 3.8) is 0 Å². The SMILES string of the molecule is O=C1C=C/C(=N/S(=O)(=O)c2ccccc2)C2=C1CC(Cl)=CC2. The molecule has 0 fully saturated rings. The summed E-state index contributed by atoms with van der Waals surface area (Å²) in [5.41, 5.74) is 1.47. The number of sulfonamides is 1. The molecule has 22 heavy (non-hydrogen) atoms. The zero-order valence-corrected chi connectivity index (χ0v) is 13.1. The number of ketones is 1. The van der Waals surface area contributed by atoms with E-state index in [0.717, 1.165) is 0 Å². The van der Waals surface area contributed by atoms with Gasteiger partial charge in [0.1, 0.15) is 0 Å². The number of benzene rings is 1. The van der Waals surface area contributed by atoms with Gasteiger partial charge in [-0.3, -0.25) is 4.79 Å². The van der Waals surface area contributed by atoms with Crippen molar-refractivity contribution in [2.24, 2.45) is 4.40 Å². The number of carbonyl (C=O) groups excluding carboxylic acids is 1. The van der Waals surface area contributed by atoms with E-state index in [2.05, 4.69) is 4.40 Å². The number of rotatable bonds is 2. The number of carbonyl (C=O) groups is 1. The van der Waals surface area contributed by atoms with Crippen LogP contribution in [0, 0.1) is 0 Å². The van der Waals surface area contributed by atoms with Crippen LogP contribution in [-0.2, 0) is 14.8 Å². The Hall–Kier alpha value is -1.98. The summed E-state index contributed by atoms with van der Waals surface area (Å²) in [6, 6.07) is 8.00. The van der Waals surface area contributed by atoms with Gasteiger partial charge in [-0.15, -0.1) is 0 Å². The predicted octanol–water partition coefficient (Wildman–Crippen LogP) is 3.17. The first-order valence-corrected chi connectivity index (χ1v) is 8.48. The Kier molecular flexibility index (Phi) is 3.85. The minimum Gasteiger partial charge on any atom is -0.290 e. The highest BCUT2D eigenvalue weighted by Gasteiger charge is 2.25. The molecule has 2 aliphatic rings. The minimum absolute atomic E-state index is 0.124. The molecule has 0 amide bonds. The Morgan fingerprint density at radius 2 is 1.77 bits per heavy atom. The molecule has 0 saturated carbocycles. The van der Waals surface area contributed by atoms with Crippen molar-refractivity contribution >= 4 is 33.1 Å². The molecule has 1 aromatic carbocycles. The van der Waals surface area contributed by atoms with Crippen LogP contribution in [0.3, 0.4) is 0 Å². The summed E-state index contributed by atoms with van der Waals surface area (Å²) in [5, 5.41) is 0.590. The second-order valence-corrected chi connectivity index (χ2v) is 7.04. The molecule has 0 aliphatic heterocycles. The Labute approximate surface area is 133 Å². The molecule has 0 aromatic heterocycles. The van der Waals surface area contributed by atoms with Gasteiger partial charge in [0, 0.05) is 17.0 Å². The van der Waals surface area contributed by atoms with E-state index in [4.69, 9.17) is 11.6 Å². The lowest BCUT2D eigenvalue weighted by molar-refractivity contribution is -0.111. The summed E-state index contributed by atoms with van der Waals surface area (Å²) in [5.74, 6) is -0.141. The highest BCUT2D eigenvalue weighted by atomic mass is 35.5. The third-order valence-corrected chi connectivity index (χ3v) is 5.09. The molecule has 4 nitrogen and oxygen atoms in total. The average Bonchev–Trinajstić information content (AvgIpc) is 2.51. The molecule has 0 N–H and O–H groups in total. The Balaban J connectivity index is 2.05. The fourth-order valence-corrected chi connectivity index (χ4v) is 3.64. The average molecular weight is 334 g/mol. The van der Waals surface area contributed by atoms with Crippen molar-refractivity contribution in [2.45, 2.75) is 17.7 Å². The van der Waals surface area contributed by atoms with Crippen molar-refractivity contribution in [1.29, 1.82) is 0 Å². The van der Waals surface area contributed by atoms with Gasteiger partial charge >= 0.3 is 0 Å². The Bertz CT molecular complexity index is 862. The van der Waals surface area contributed by atoms with Gasteiger partial charge in [0.25, 0.3) is 10.0 Å². The van der Waals surface area contributed by atoms with Gasteiger partial charge in [-0.1, -0.05) is 35.9 Å². The topological polar surface area (TPSA) is 63.6 Å². The minimum atomic E-state index is -3.80. The van der Waals surface area contributed by atoms with Gasteiger partial charge in [0.2, 0.25) is 0 Å². The van der Waals surface area contributed by atoms with E-state index < -0.39 is 10.0 Å². The molecule has 2 aliphatic carbocycles. The zero-order valence-electron chi connectivity index (χ0n) is 11.5. The van der Waals surface area contributed by atoms with Gasteiger partial charge in [0.15, 0.2) is 5.78 Å². The molecule has 0 radical (unpaired) electrons. The summed E-state index contributed by atoms with van der Waals surface area (Å²) in [4.78, 5) is 12.0. The van der Waals surface area contributed by atoms with Crippen LogP contribution >= 0.6 is 11.6 Å². The number of nitrogens with zero attached hydrogens (tertiary/aromatic N) is 1. The fourth-order valence-electron chi connectivity index (χ4n) is 2.39. The van der Waals surface area contributed by atoms with Crippen LogP contribution in [0.15, 0.2) is 74.0 Å². The maximum Gasteiger partial charge on any atom is 0.282 e. The largest absolute Gasteiger partial charge is 0.290 e. The van der Waals surface area contributed by atoms with E-state index in [1.165, 1.54) is 24.3 Å². The molecular weight excluding hydrogens is 322 g/mol. The second kappa shape index (κ2) is 5.66. The lowest BCUT2D eigenvalue weighted by atomic mass is 9.87. The van der Waals surface area contributed by atoms with Crippen molar-refractivity contribution in [1.82, 2.24) is 0 Å². The molecule has 3 rings (SSSR count). The van der Waals surface area contributed by atoms with Crippen LogP contribution in [0.4, 0.5) is 0 Å². The van der Waals surface area contributed by atoms with Crippen molar-refractivity contribution in [3.05, 3.63) is 64.7 Å². The summed E-state index contributed by atoms with van der Waals surface area (Å²) in [6.07, 6.45) is 5.30. The normalized spacial score (nSPS) is 20.1. The van der Waals surface area contributed by atoms with Crippen LogP contribution in [0.1, 0.15) is 12.8 Å². The number of allylic oxidation sites excluding steroid dienone is 6. The molecule has 1 aromatic rings.